The molecule has 0 aromatic carbocycles. The number of piperidine rings is 1. The second-order valence-electron chi connectivity index (χ2n) is 4.92. The van der Waals surface area contributed by atoms with Crippen molar-refractivity contribution in [2.24, 2.45) is 11.7 Å². The molecule has 3 nitrogen and oxygen atoms in total. The van der Waals surface area contributed by atoms with Gasteiger partial charge in [-0.05, 0) is 31.8 Å². The number of likely N-dealkylation sites (tertiary alicyclic amines) is 1. The van der Waals surface area contributed by atoms with E-state index in [4.69, 9.17) is 5.73 Å². The highest BCUT2D eigenvalue weighted by atomic mass is 15.3. The van der Waals surface area contributed by atoms with Crippen molar-refractivity contribution in [3.8, 4) is 0 Å². The fourth-order valence-electron chi connectivity index (χ4n) is 3.23. The van der Waals surface area contributed by atoms with Crippen molar-refractivity contribution in [3.05, 3.63) is 0 Å². The smallest absolute Gasteiger partial charge is 0.0297 e. The molecule has 3 heteroatoms. The molecule has 3 unspecified atom stereocenters. The van der Waals surface area contributed by atoms with Gasteiger partial charge in [0.1, 0.15) is 0 Å². The first kappa shape index (κ1) is 8.21. The molecule has 3 aliphatic heterocycles. The summed E-state index contributed by atoms with van der Waals surface area (Å²) in [5.74, 6) is 0.959. The van der Waals surface area contributed by atoms with E-state index in [2.05, 4.69) is 9.80 Å². The van der Waals surface area contributed by atoms with E-state index in [1.165, 1.54) is 32.5 Å². The SMILES string of the molecule is NC1CN(C2CCN3CCC2C3)C1. The van der Waals surface area contributed by atoms with Gasteiger partial charge in [0.05, 0.1) is 0 Å². The third-order valence-corrected chi connectivity index (χ3v) is 4.00. The summed E-state index contributed by atoms with van der Waals surface area (Å²) >= 11 is 0. The van der Waals surface area contributed by atoms with Gasteiger partial charge in [-0.2, -0.15) is 0 Å². The molecule has 2 bridgehead atoms. The predicted octanol–water partition coefficient (Wildman–Crippen LogP) is -0.277. The van der Waals surface area contributed by atoms with Crippen LogP contribution in [-0.4, -0.2) is 54.6 Å². The van der Waals surface area contributed by atoms with Crippen LogP contribution in [0.25, 0.3) is 0 Å². The third kappa shape index (κ3) is 1.30. The monoisotopic (exact) mass is 181 g/mol. The second kappa shape index (κ2) is 2.94. The van der Waals surface area contributed by atoms with Gasteiger partial charge in [0.25, 0.3) is 0 Å². The van der Waals surface area contributed by atoms with Gasteiger partial charge < -0.3 is 10.6 Å². The number of hydrogen-bond acceptors (Lipinski definition) is 3. The quantitative estimate of drug-likeness (QED) is 0.604. The van der Waals surface area contributed by atoms with E-state index in [-0.39, 0.29) is 0 Å². The van der Waals surface area contributed by atoms with Crippen molar-refractivity contribution in [2.45, 2.75) is 24.9 Å². The molecule has 3 saturated heterocycles. The molecule has 74 valence electrons. The standard InChI is InChI=1S/C10H19N3/c11-9-6-13(7-9)10-2-4-12-3-1-8(10)5-12/h8-10H,1-7,11H2. The maximum absolute atomic E-state index is 5.82. The number of nitrogens with two attached hydrogens (primary N) is 1. The Morgan fingerprint density at radius 2 is 1.77 bits per heavy atom. The summed E-state index contributed by atoms with van der Waals surface area (Å²) < 4.78 is 0. The molecule has 2 N–H and O–H groups in total. The van der Waals surface area contributed by atoms with Crippen LogP contribution in [0.3, 0.4) is 0 Å². The Balaban J connectivity index is 1.64. The zero-order chi connectivity index (χ0) is 8.84. The molecule has 0 spiro atoms. The van der Waals surface area contributed by atoms with Crippen LogP contribution in [0.15, 0.2) is 0 Å². The van der Waals surface area contributed by atoms with E-state index >= 15 is 0 Å². The lowest BCUT2D eigenvalue weighted by Gasteiger charge is -2.46. The lowest BCUT2D eigenvalue weighted by atomic mass is 9.90. The molecule has 0 aromatic heterocycles. The van der Waals surface area contributed by atoms with Gasteiger partial charge in [-0.3, -0.25) is 4.90 Å². The summed E-state index contributed by atoms with van der Waals surface area (Å²) in [5, 5.41) is 0. The van der Waals surface area contributed by atoms with Gasteiger partial charge >= 0.3 is 0 Å². The first-order valence-corrected chi connectivity index (χ1v) is 5.55. The molecule has 13 heavy (non-hydrogen) atoms. The maximum Gasteiger partial charge on any atom is 0.0297 e. The maximum atomic E-state index is 5.82. The minimum absolute atomic E-state index is 0.472. The van der Waals surface area contributed by atoms with E-state index < -0.39 is 0 Å². The summed E-state index contributed by atoms with van der Waals surface area (Å²) in [7, 11) is 0. The molecule has 3 fully saturated rings. The van der Waals surface area contributed by atoms with Gasteiger partial charge in [-0.1, -0.05) is 0 Å². The van der Waals surface area contributed by atoms with Crippen LogP contribution in [0.4, 0.5) is 0 Å². The van der Waals surface area contributed by atoms with E-state index in [0.717, 1.165) is 25.0 Å². The van der Waals surface area contributed by atoms with Crippen LogP contribution in [-0.2, 0) is 0 Å². The molecular formula is C10H19N3. The fourth-order valence-corrected chi connectivity index (χ4v) is 3.23. The summed E-state index contributed by atoms with van der Waals surface area (Å²) in [4.78, 5) is 5.22. The van der Waals surface area contributed by atoms with Gasteiger partial charge in [-0.15, -0.1) is 0 Å². The number of rotatable bonds is 1. The van der Waals surface area contributed by atoms with Crippen molar-refractivity contribution < 1.29 is 0 Å². The molecular weight excluding hydrogens is 162 g/mol. The molecule has 0 aliphatic carbocycles. The predicted molar refractivity (Wildman–Crippen MR) is 52.5 cm³/mol. The van der Waals surface area contributed by atoms with Crippen LogP contribution < -0.4 is 5.73 Å². The molecule has 0 aromatic rings. The highest BCUT2D eigenvalue weighted by Crippen LogP contribution is 2.32. The average molecular weight is 181 g/mol. The van der Waals surface area contributed by atoms with Crippen LogP contribution >= 0.6 is 0 Å². The van der Waals surface area contributed by atoms with Crippen LogP contribution in [0.5, 0.6) is 0 Å². The Bertz CT molecular complexity index is 200. The summed E-state index contributed by atoms with van der Waals surface area (Å²) in [5.41, 5.74) is 5.82. The molecule has 3 rings (SSSR count). The number of fused-ring (bicyclic) bond motifs is 2. The van der Waals surface area contributed by atoms with E-state index in [1.54, 1.807) is 0 Å². The van der Waals surface area contributed by atoms with Crippen LogP contribution in [0.2, 0.25) is 0 Å². The first-order valence-electron chi connectivity index (χ1n) is 5.55. The number of hydrogen-bond donors (Lipinski definition) is 1. The molecule has 3 atom stereocenters. The summed E-state index contributed by atoms with van der Waals surface area (Å²) in [6.45, 7) is 6.34. The Morgan fingerprint density at radius 3 is 2.54 bits per heavy atom. The Hall–Kier alpha value is -0.120. The van der Waals surface area contributed by atoms with Gasteiger partial charge in [0, 0.05) is 31.7 Å². The first-order chi connectivity index (χ1) is 6.33. The second-order valence-corrected chi connectivity index (χ2v) is 4.92. The molecule has 0 amide bonds. The molecule has 0 saturated carbocycles. The minimum Gasteiger partial charge on any atom is -0.325 e. The van der Waals surface area contributed by atoms with Crippen LogP contribution in [0.1, 0.15) is 12.8 Å². The van der Waals surface area contributed by atoms with E-state index in [0.29, 0.717) is 6.04 Å². The number of nitrogens with zero attached hydrogens (tertiary/aromatic N) is 2. The highest BCUT2D eigenvalue weighted by Gasteiger charge is 2.40. The zero-order valence-corrected chi connectivity index (χ0v) is 8.15. The van der Waals surface area contributed by atoms with Crippen LogP contribution in [0, 0.1) is 5.92 Å². The summed E-state index contributed by atoms with van der Waals surface area (Å²) in [6, 6.07) is 1.35. The van der Waals surface area contributed by atoms with Crippen molar-refractivity contribution in [2.75, 3.05) is 32.7 Å². The average Bonchev–Trinajstić information content (AvgIpc) is 2.45. The van der Waals surface area contributed by atoms with Crippen molar-refractivity contribution >= 4 is 0 Å². The van der Waals surface area contributed by atoms with Gasteiger partial charge in [0.2, 0.25) is 0 Å². The van der Waals surface area contributed by atoms with Crippen molar-refractivity contribution in [1.29, 1.82) is 0 Å². The lowest BCUT2D eigenvalue weighted by Crippen LogP contribution is -2.62. The minimum atomic E-state index is 0.472. The van der Waals surface area contributed by atoms with E-state index in [1.807, 2.05) is 0 Å². The summed E-state index contributed by atoms with van der Waals surface area (Å²) in [6.07, 6.45) is 2.81. The molecule has 0 radical (unpaired) electrons. The Kier molecular flexibility index (Phi) is 1.86. The van der Waals surface area contributed by atoms with Gasteiger partial charge in [-0.25, -0.2) is 0 Å². The largest absolute Gasteiger partial charge is 0.325 e. The molecule has 3 heterocycles. The van der Waals surface area contributed by atoms with E-state index in [9.17, 15) is 0 Å². The Labute approximate surface area is 79.9 Å². The van der Waals surface area contributed by atoms with Gasteiger partial charge in [0.15, 0.2) is 0 Å². The fraction of sp³-hybridized carbons (Fsp3) is 1.00. The van der Waals surface area contributed by atoms with Crippen molar-refractivity contribution in [1.82, 2.24) is 9.80 Å². The normalized spacial score (nSPS) is 46.4. The lowest BCUT2D eigenvalue weighted by molar-refractivity contribution is 0.0370. The highest BCUT2D eigenvalue weighted by molar-refractivity contribution is 4.97. The molecule has 3 aliphatic rings. The third-order valence-electron chi connectivity index (χ3n) is 4.00. The zero-order valence-electron chi connectivity index (χ0n) is 8.15. The van der Waals surface area contributed by atoms with Crippen molar-refractivity contribution in [3.63, 3.8) is 0 Å². The Morgan fingerprint density at radius 1 is 1.00 bits per heavy atom. The topological polar surface area (TPSA) is 32.5 Å².